The molecule has 3 N–H and O–H groups in total. The minimum atomic E-state index is -1.19. The van der Waals surface area contributed by atoms with Crippen molar-refractivity contribution in [3.63, 3.8) is 0 Å². The molecule has 0 saturated heterocycles. The third-order valence-corrected chi connectivity index (χ3v) is 2.32. The summed E-state index contributed by atoms with van der Waals surface area (Å²) >= 11 is -1.19. The van der Waals surface area contributed by atoms with E-state index >= 15 is 0 Å². The smallest absolute Gasteiger partial charge is 0.325 e. The summed E-state index contributed by atoms with van der Waals surface area (Å²) in [5.41, 5.74) is 5.12. The predicted molar refractivity (Wildman–Crippen MR) is 43.7 cm³/mol. The molecule has 0 aromatic heterocycles. The Bertz CT molecular complexity index is 151. The Morgan fingerprint density at radius 1 is 1.91 bits per heavy atom. The molecule has 4 nitrogen and oxygen atoms in total. The van der Waals surface area contributed by atoms with Crippen LogP contribution in [0.25, 0.3) is 0 Å². The number of rotatable bonds is 5. The van der Waals surface area contributed by atoms with E-state index < -0.39 is 23.2 Å². The highest BCUT2D eigenvalue weighted by molar-refractivity contribution is 7.91. The van der Waals surface area contributed by atoms with Crippen LogP contribution in [-0.4, -0.2) is 33.2 Å². The maximum atomic E-state index is 10.9. The van der Waals surface area contributed by atoms with Crippen molar-refractivity contribution in [2.24, 2.45) is 5.73 Å². The van der Waals surface area contributed by atoms with Crippen LogP contribution >= 0.6 is 0 Å². The van der Waals surface area contributed by atoms with Gasteiger partial charge in [0, 0.05) is 0 Å². The molecule has 0 radical (unpaired) electrons. The molecular weight excluding hydrogens is 166 g/mol. The van der Waals surface area contributed by atoms with Gasteiger partial charge in [0.15, 0.2) is 0 Å². The zero-order valence-corrected chi connectivity index (χ0v) is 6.84. The van der Waals surface area contributed by atoms with Gasteiger partial charge >= 0.3 is 5.97 Å². The Kier molecular flexibility index (Phi) is 4.93. The molecule has 0 rings (SSSR count). The lowest BCUT2D eigenvalue weighted by atomic mass is 10.4. The zero-order valence-electron chi connectivity index (χ0n) is 6.03. The highest BCUT2D eigenvalue weighted by Crippen LogP contribution is 1.93. The molecule has 0 saturated carbocycles. The van der Waals surface area contributed by atoms with Crippen LogP contribution in [0.2, 0.25) is 0 Å². The van der Waals surface area contributed by atoms with E-state index in [-0.39, 0.29) is 5.75 Å². The van der Waals surface area contributed by atoms with E-state index in [1.54, 1.807) is 0 Å². The van der Waals surface area contributed by atoms with E-state index in [1.165, 1.54) is 6.08 Å². The summed E-state index contributed by atoms with van der Waals surface area (Å²) in [6.45, 7) is 3.37. The predicted octanol–water partition coefficient (Wildman–Crippen LogP) is -0.667. The van der Waals surface area contributed by atoms with Crippen molar-refractivity contribution >= 4 is 17.1 Å². The lowest BCUT2D eigenvalue weighted by Gasteiger charge is -2.10. The number of carbonyl (C=O) groups is 1. The van der Waals surface area contributed by atoms with Crippen LogP contribution in [0.15, 0.2) is 12.7 Å². The van der Waals surface area contributed by atoms with Gasteiger partial charge in [0.25, 0.3) is 0 Å². The fourth-order valence-corrected chi connectivity index (χ4v) is 1.41. The molecular formula is C6H11NO3S. The summed E-state index contributed by atoms with van der Waals surface area (Å²) in [6.07, 6.45) is 1.48. The van der Waals surface area contributed by atoms with Crippen molar-refractivity contribution in [1.29, 1.82) is 0 Å². The van der Waals surface area contributed by atoms with Gasteiger partial charge < -0.3 is 15.4 Å². The van der Waals surface area contributed by atoms with Crippen LogP contribution in [0.4, 0.5) is 0 Å². The number of hydrogen-bond donors (Lipinski definition) is 2. The van der Waals surface area contributed by atoms with Gasteiger partial charge in [-0.1, -0.05) is 6.58 Å². The third kappa shape index (κ3) is 4.83. The number of nitrogens with two attached hydrogens (primary N) is 1. The second-order valence-electron chi connectivity index (χ2n) is 2.01. The quantitative estimate of drug-likeness (QED) is 0.431. The number of hydrogen-bond acceptors (Lipinski definition) is 3. The average Bonchev–Trinajstić information content (AvgIpc) is 1.87. The lowest BCUT2D eigenvalue weighted by Crippen LogP contribution is -2.37. The molecule has 11 heavy (non-hydrogen) atoms. The average molecular weight is 177 g/mol. The molecule has 0 aliphatic carbocycles. The summed E-state index contributed by atoms with van der Waals surface area (Å²) in [6, 6.07) is -1.03. The van der Waals surface area contributed by atoms with Gasteiger partial charge in [0.2, 0.25) is 0 Å². The first-order valence-electron chi connectivity index (χ1n) is 3.02. The normalized spacial score (nSPS) is 15.5. The van der Waals surface area contributed by atoms with E-state index in [4.69, 9.17) is 10.8 Å². The molecule has 0 spiro atoms. The molecule has 0 aromatic rings. The monoisotopic (exact) mass is 177 g/mol. The van der Waals surface area contributed by atoms with Crippen molar-refractivity contribution in [2.45, 2.75) is 6.04 Å². The van der Waals surface area contributed by atoms with Gasteiger partial charge in [0.1, 0.15) is 17.5 Å². The van der Waals surface area contributed by atoms with Gasteiger partial charge in [0.05, 0.1) is 0 Å². The van der Waals surface area contributed by atoms with Crippen molar-refractivity contribution < 1.29 is 14.5 Å². The van der Waals surface area contributed by atoms with E-state index in [0.29, 0.717) is 5.75 Å². The highest BCUT2D eigenvalue weighted by atomic mass is 32.2. The Morgan fingerprint density at radius 2 is 2.45 bits per heavy atom. The highest BCUT2D eigenvalue weighted by Gasteiger charge is 2.17. The summed E-state index contributed by atoms with van der Waals surface area (Å²) < 4.78 is 10.9. The minimum Gasteiger partial charge on any atom is -0.616 e. The number of aliphatic carboxylic acids is 1. The standard InChI is InChI=1S/C6H11NO3S/c1-2-3-11(10)4-5(7)6(8)9/h2,5H,1,3-4,7H2,(H,8,9)/t5-,11-/m0/s1. The molecule has 2 atom stereocenters. The molecule has 0 bridgehead atoms. The van der Waals surface area contributed by atoms with Gasteiger partial charge in [-0.25, -0.2) is 0 Å². The van der Waals surface area contributed by atoms with E-state index in [9.17, 15) is 9.35 Å². The first kappa shape index (κ1) is 10.5. The van der Waals surface area contributed by atoms with E-state index in [0.717, 1.165) is 0 Å². The fraction of sp³-hybridized carbons (Fsp3) is 0.500. The van der Waals surface area contributed by atoms with Crippen LogP contribution in [0, 0.1) is 0 Å². The SMILES string of the molecule is C=CC[S@+]([O-])C[C@H](N)C(=O)O. The maximum Gasteiger partial charge on any atom is 0.325 e. The zero-order chi connectivity index (χ0) is 8.85. The topological polar surface area (TPSA) is 86.4 Å². The Hall–Kier alpha value is -0.520. The molecule has 0 aromatic carbocycles. The Labute approximate surface area is 68.3 Å². The largest absolute Gasteiger partial charge is 0.616 e. The molecule has 0 amide bonds. The molecule has 0 aliphatic rings. The van der Waals surface area contributed by atoms with Crippen molar-refractivity contribution in [3.8, 4) is 0 Å². The number of carboxylic acid groups (broad SMARTS) is 1. The number of carboxylic acids is 1. The van der Waals surface area contributed by atoms with E-state index in [1.807, 2.05) is 0 Å². The Balaban J connectivity index is 3.64. The van der Waals surface area contributed by atoms with Gasteiger partial charge in [-0.15, -0.1) is 0 Å². The van der Waals surface area contributed by atoms with Crippen LogP contribution < -0.4 is 5.73 Å². The molecule has 5 heteroatoms. The van der Waals surface area contributed by atoms with Crippen molar-refractivity contribution in [2.75, 3.05) is 11.5 Å². The minimum absolute atomic E-state index is 0.0125. The van der Waals surface area contributed by atoms with Gasteiger partial charge in [-0.05, 0) is 17.3 Å². The summed E-state index contributed by atoms with van der Waals surface area (Å²) in [4.78, 5) is 10.2. The third-order valence-electron chi connectivity index (χ3n) is 0.986. The molecule has 0 fully saturated rings. The van der Waals surface area contributed by atoms with Gasteiger partial charge in [-0.3, -0.25) is 4.79 Å². The van der Waals surface area contributed by atoms with E-state index in [2.05, 4.69) is 6.58 Å². The second-order valence-corrected chi connectivity index (χ2v) is 3.55. The van der Waals surface area contributed by atoms with Crippen molar-refractivity contribution in [1.82, 2.24) is 0 Å². The second kappa shape index (κ2) is 5.17. The van der Waals surface area contributed by atoms with Crippen molar-refractivity contribution in [3.05, 3.63) is 12.7 Å². The lowest BCUT2D eigenvalue weighted by molar-refractivity contribution is -0.137. The fourth-order valence-electron chi connectivity index (χ4n) is 0.471. The van der Waals surface area contributed by atoms with Gasteiger partial charge in [-0.2, -0.15) is 0 Å². The summed E-state index contributed by atoms with van der Waals surface area (Å²) in [5.74, 6) is -0.843. The Morgan fingerprint density at radius 3 is 2.82 bits per heavy atom. The first-order valence-corrected chi connectivity index (χ1v) is 4.51. The van der Waals surface area contributed by atoms with Crippen LogP contribution in [0.3, 0.4) is 0 Å². The van der Waals surface area contributed by atoms with Crippen LogP contribution in [0.1, 0.15) is 0 Å². The van der Waals surface area contributed by atoms with Crippen LogP contribution in [0.5, 0.6) is 0 Å². The molecule has 0 aliphatic heterocycles. The molecule has 64 valence electrons. The molecule has 0 heterocycles. The summed E-state index contributed by atoms with van der Waals surface area (Å²) in [7, 11) is 0. The maximum absolute atomic E-state index is 10.9. The first-order chi connectivity index (χ1) is 5.07. The summed E-state index contributed by atoms with van der Waals surface area (Å²) in [5, 5.41) is 8.31. The van der Waals surface area contributed by atoms with Crippen LogP contribution in [-0.2, 0) is 16.0 Å². The molecule has 0 unspecified atom stereocenters.